The van der Waals surface area contributed by atoms with Gasteiger partial charge in [-0.05, 0) is 33.7 Å². The van der Waals surface area contributed by atoms with Crippen molar-refractivity contribution in [2.45, 2.75) is 32.7 Å². The van der Waals surface area contributed by atoms with E-state index in [0.29, 0.717) is 5.92 Å². The van der Waals surface area contributed by atoms with E-state index in [1.807, 2.05) is 0 Å². The van der Waals surface area contributed by atoms with Crippen LogP contribution in [-0.2, 0) is 0 Å². The molecule has 1 rings (SSSR count). The summed E-state index contributed by atoms with van der Waals surface area (Å²) >= 11 is 0. The lowest BCUT2D eigenvalue weighted by Crippen LogP contribution is -2.39. The Labute approximate surface area is 75.4 Å². The third-order valence-corrected chi connectivity index (χ3v) is 2.66. The predicted molar refractivity (Wildman–Crippen MR) is 52.8 cm³/mol. The smallest absolute Gasteiger partial charge is 0.0125 e. The number of rotatable bonds is 1. The summed E-state index contributed by atoms with van der Waals surface area (Å²) < 4.78 is 0. The highest BCUT2D eigenvalue weighted by atomic mass is 15.2. The molecule has 0 amide bonds. The minimum absolute atomic E-state index is 0.282. The quantitative estimate of drug-likeness (QED) is 0.644. The van der Waals surface area contributed by atoms with Gasteiger partial charge in [0.25, 0.3) is 0 Å². The van der Waals surface area contributed by atoms with Gasteiger partial charge in [0.05, 0.1) is 0 Å². The van der Waals surface area contributed by atoms with E-state index in [2.05, 4.69) is 32.3 Å². The van der Waals surface area contributed by atoms with E-state index in [1.165, 1.54) is 6.42 Å². The highest BCUT2D eigenvalue weighted by Crippen LogP contribution is 2.26. The summed E-state index contributed by atoms with van der Waals surface area (Å²) in [7, 11) is 0. The van der Waals surface area contributed by atoms with Crippen LogP contribution in [0.5, 0.6) is 0 Å². The monoisotopic (exact) mass is 168 g/mol. The molecule has 0 bridgehead atoms. The van der Waals surface area contributed by atoms with Gasteiger partial charge in [0.1, 0.15) is 0 Å². The summed E-state index contributed by atoms with van der Waals surface area (Å²) in [6.45, 7) is 12.8. The molecule has 1 fully saturated rings. The van der Waals surface area contributed by atoms with Crippen LogP contribution in [0.1, 0.15) is 27.2 Å². The van der Waals surface area contributed by atoms with Crippen LogP contribution in [-0.4, -0.2) is 23.5 Å². The highest BCUT2D eigenvalue weighted by molar-refractivity contribution is 5.00. The molecule has 2 nitrogen and oxygen atoms in total. The lowest BCUT2D eigenvalue weighted by atomic mass is 10.1. The topological polar surface area (TPSA) is 29.3 Å². The third kappa shape index (κ3) is 2.01. The summed E-state index contributed by atoms with van der Waals surface area (Å²) in [6.07, 6.45) is 1.17. The number of nitrogens with two attached hydrogens (primary N) is 1. The van der Waals surface area contributed by atoms with Crippen LogP contribution < -0.4 is 5.73 Å². The van der Waals surface area contributed by atoms with Crippen molar-refractivity contribution in [1.82, 2.24) is 4.90 Å². The maximum absolute atomic E-state index is 5.68. The number of likely N-dealkylation sites (tertiary alicyclic amines) is 1. The van der Waals surface area contributed by atoms with Crippen molar-refractivity contribution in [1.29, 1.82) is 0 Å². The molecule has 70 valence electrons. The minimum atomic E-state index is 0.282. The van der Waals surface area contributed by atoms with Gasteiger partial charge in [0, 0.05) is 23.7 Å². The summed E-state index contributed by atoms with van der Waals surface area (Å²) in [5.74, 6) is 0.518. The van der Waals surface area contributed by atoms with Gasteiger partial charge >= 0.3 is 0 Å². The van der Waals surface area contributed by atoms with E-state index >= 15 is 0 Å². The SMILES string of the molecule is C=C(N)C1CCN(C(C)(C)C)C1. The van der Waals surface area contributed by atoms with E-state index in [9.17, 15) is 0 Å². The number of hydrogen-bond acceptors (Lipinski definition) is 2. The van der Waals surface area contributed by atoms with Crippen molar-refractivity contribution < 1.29 is 0 Å². The van der Waals surface area contributed by atoms with Crippen LogP contribution in [0.3, 0.4) is 0 Å². The Kier molecular flexibility index (Phi) is 2.47. The molecule has 12 heavy (non-hydrogen) atoms. The molecule has 0 saturated carbocycles. The summed E-state index contributed by atoms with van der Waals surface area (Å²) in [5.41, 5.74) is 6.81. The second-order valence-electron chi connectivity index (χ2n) is 4.68. The van der Waals surface area contributed by atoms with E-state index in [-0.39, 0.29) is 5.54 Å². The molecule has 0 aromatic heterocycles. The average molecular weight is 168 g/mol. The first-order valence-corrected chi connectivity index (χ1v) is 4.60. The Morgan fingerprint density at radius 3 is 2.33 bits per heavy atom. The molecule has 0 radical (unpaired) electrons. The molecule has 1 heterocycles. The van der Waals surface area contributed by atoms with E-state index < -0.39 is 0 Å². The van der Waals surface area contributed by atoms with Gasteiger partial charge in [-0.3, -0.25) is 4.90 Å². The first-order chi connectivity index (χ1) is 5.41. The van der Waals surface area contributed by atoms with Crippen molar-refractivity contribution in [3.63, 3.8) is 0 Å². The normalized spacial score (nSPS) is 26.1. The fourth-order valence-electron chi connectivity index (χ4n) is 1.67. The summed E-state index contributed by atoms with van der Waals surface area (Å²) in [6, 6.07) is 0. The summed E-state index contributed by atoms with van der Waals surface area (Å²) in [4.78, 5) is 2.47. The van der Waals surface area contributed by atoms with Crippen LogP contribution in [0.25, 0.3) is 0 Å². The standard InChI is InChI=1S/C10H20N2/c1-8(11)9-5-6-12(7-9)10(2,3)4/h9H,1,5-7,11H2,2-4H3. The Bertz CT molecular complexity index is 179. The van der Waals surface area contributed by atoms with Gasteiger partial charge in [-0.25, -0.2) is 0 Å². The fraction of sp³-hybridized carbons (Fsp3) is 0.800. The van der Waals surface area contributed by atoms with Gasteiger partial charge < -0.3 is 5.73 Å². The molecule has 0 aliphatic carbocycles. The number of hydrogen-bond donors (Lipinski definition) is 1. The molecule has 1 saturated heterocycles. The maximum atomic E-state index is 5.68. The Morgan fingerprint density at radius 2 is 2.08 bits per heavy atom. The second kappa shape index (κ2) is 3.09. The third-order valence-electron chi connectivity index (χ3n) is 2.66. The molecular formula is C10H20N2. The van der Waals surface area contributed by atoms with Crippen LogP contribution in [0.4, 0.5) is 0 Å². The van der Waals surface area contributed by atoms with Gasteiger partial charge in [-0.15, -0.1) is 0 Å². The predicted octanol–water partition coefficient (Wildman–Crippen LogP) is 1.58. The lowest BCUT2D eigenvalue weighted by molar-refractivity contribution is 0.170. The lowest BCUT2D eigenvalue weighted by Gasteiger charge is -2.31. The molecule has 1 unspecified atom stereocenters. The first-order valence-electron chi connectivity index (χ1n) is 4.60. The van der Waals surface area contributed by atoms with Crippen molar-refractivity contribution in [2.75, 3.05) is 13.1 Å². The second-order valence-corrected chi connectivity index (χ2v) is 4.68. The van der Waals surface area contributed by atoms with Crippen LogP contribution in [0, 0.1) is 5.92 Å². The summed E-state index contributed by atoms with van der Waals surface area (Å²) in [5, 5.41) is 0. The van der Waals surface area contributed by atoms with E-state index in [1.54, 1.807) is 0 Å². The Morgan fingerprint density at radius 1 is 1.50 bits per heavy atom. The molecule has 2 heteroatoms. The maximum Gasteiger partial charge on any atom is 0.0125 e. The van der Waals surface area contributed by atoms with Gasteiger partial charge in [-0.1, -0.05) is 6.58 Å². The van der Waals surface area contributed by atoms with Crippen LogP contribution in [0.15, 0.2) is 12.3 Å². The molecule has 0 spiro atoms. The van der Waals surface area contributed by atoms with Gasteiger partial charge in [-0.2, -0.15) is 0 Å². The van der Waals surface area contributed by atoms with E-state index in [4.69, 9.17) is 5.73 Å². The van der Waals surface area contributed by atoms with Gasteiger partial charge in [0.2, 0.25) is 0 Å². The van der Waals surface area contributed by atoms with Crippen LogP contribution >= 0.6 is 0 Å². The molecule has 1 atom stereocenters. The average Bonchev–Trinajstić information content (AvgIpc) is 2.30. The fourth-order valence-corrected chi connectivity index (χ4v) is 1.67. The van der Waals surface area contributed by atoms with Crippen molar-refractivity contribution in [2.24, 2.45) is 11.7 Å². The largest absolute Gasteiger partial charge is 0.402 e. The first kappa shape index (κ1) is 9.59. The molecule has 0 aromatic carbocycles. The molecule has 0 aromatic rings. The zero-order chi connectivity index (χ0) is 9.35. The minimum Gasteiger partial charge on any atom is -0.402 e. The van der Waals surface area contributed by atoms with Crippen molar-refractivity contribution in [3.05, 3.63) is 12.3 Å². The zero-order valence-corrected chi connectivity index (χ0v) is 8.43. The Hall–Kier alpha value is -0.500. The molecule has 1 aliphatic heterocycles. The number of nitrogens with zero attached hydrogens (tertiary/aromatic N) is 1. The van der Waals surface area contributed by atoms with Crippen molar-refractivity contribution in [3.8, 4) is 0 Å². The van der Waals surface area contributed by atoms with Gasteiger partial charge in [0.15, 0.2) is 0 Å². The van der Waals surface area contributed by atoms with Crippen LogP contribution in [0.2, 0.25) is 0 Å². The van der Waals surface area contributed by atoms with Crippen molar-refractivity contribution >= 4 is 0 Å². The highest BCUT2D eigenvalue weighted by Gasteiger charge is 2.30. The zero-order valence-electron chi connectivity index (χ0n) is 8.43. The molecule has 1 aliphatic rings. The molecule has 2 N–H and O–H groups in total. The Balaban J connectivity index is 2.51. The van der Waals surface area contributed by atoms with E-state index in [0.717, 1.165) is 18.8 Å². The molecular weight excluding hydrogens is 148 g/mol.